The van der Waals surface area contributed by atoms with Crippen molar-refractivity contribution in [1.29, 1.82) is 0 Å². The van der Waals surface area contributed by atoms with E-state index in [0.29, 0.717) is 31.6 Å². The summed E-state index contributed by atoms with van der Waals surface area (Å²) in [5, 5.41) is 2.71. The van der Waals surface area contributed by atoms with E-state index in [9.17, 15) is 13.2 Å². The Morgan fingerprint density at radius 3 is 2.65 bits per heavy atom. The minimum Gasteiger partial charge on any atom is -0.497 e. The number of hydrogen-bond acceptors (Lipinski definition) is 4. The van der Waals surface area contributed by atoms with Crippen LogP contribution >= 0.6 is 0 Å². The molecule has 1 saturated heterocycles. The fraction of sp³-hybridized carbons (Fsp3) is 0.438. The minimum absolute atomic E-state index is 0.0883. The van der Waals surface area contributed by atoms with Crippen LogP contribution in [0.15, 0.2) is 41.4 Å². The number of amides is 1. The second-order valence-electron chi connectivity index (χ2n) is 5.98. The molecule has 1 aromatic rings. The van der Waals surface area contributed by atoms with E-state index in [-0.39, 0.29) is 17.3 Å². The summed E-state index contributed by atoms with van der Waals surface area (Å²) in [7, 11) is -2.08. The zero-order valence-electron chi connectivity index (χ0n) is 13.0. The Morgan fingerprint density at radius 2 is 2.00 bits per heavy atom. The summed E-state index contributed by atoms with van der Waals surface area (Å²) in [5.74, 6) is 0.519. The van der Waals surface area contributed by atoms with Crippen LogP contribution in [0.5, 0.6) is 5.75 Å². The molecule has 0 aromatic heterocycles. The number of allylic oxidation sites excluding steroid dienone is 1. The minimum atomic E-state index is -3.61. The van der Waals surface area contributed by atoms with Crippen LogP contribution in [-0.2, 0) is 14.8 Å². The van der Waals surface area contributed by atoms with Crippen LogP contribution in [0.2, 0.25) is 0 Å². The van der Waals surface area contributed by atoms with Crippen molar-refractivity contribution in [3.63, 3.8) is 0 Å². The van der Waals surface area contributed by atoms with Gasteiger partial charge in [-0.15, -0.1) is 0 Å². The second-order valence-corrected chi connectivity index (χ2v) is 7.92. The summed E-state index contributed by atoms with van der Waals surface area (Å²) in [6.07, 6.45) is 5.48. The molecule has 3 rings (SSSR count). The monoisotopic (exact) mass is 336 g/mol. The summed E-state index contributed by atoms with van der Waals surface area (Å²) in [4.78, 5) is 12.5. The molecular formula is C16H20N2O4S. The van der Waals surface area contributed by atoms with E-state index in [1.807, 2.05) is 6.08 Å². The fourth-order valence-corrected chi connectivity index (χ4v) is 4.77. The van der Waals surface area contributed by atoms with Gasteiger partial charge in [-0.1, -0.05) is 6.08 Å². The molecule has 23 heavy (non-hydrogen) atoms. The zero-order chi connectivity index (χ0) is 16.5. The number of nitrogens with one attached hydrogen (secondary N) is 1. The molecule has 1 spiro atoms. The van der Waals surface area contributed by atoms with Gasteiger partial charge in [-0.2, -0.15) is 4.31 Å². The van der Waals surface area contributed by atoms with Gasteiger partial charge in [-0.25, -0.2) is 8.42 Å². The largest absolute Gasteiger partial charge is 0.497 e. The molecule has 1 unspecified atom stereocenters. The van der Waals surface area contributed by atoms with Crippen molar-refractivity contribution < 1.29 is 17.9 Å². The molecule has 2 heterocycles. The molecule has 1 fully saturated rings. The summed E-state index contributed by atoms with van der Waals surface area (Å²) in [6, 6.07) is 6.33. The average molecular weight is 336 g/mol. The van der Waals surface area contributed by atoms with Gasteiger partial charge in [-0.3, -0.25) is 4.79 Å². The second kappa shape index (κ2) is 5.98. The van der Waals surface area contributed by atoms with Crippen molar-refractivity contribution in [3.05, 3.63) is 36.5 Å². The van der Waals surface area contributed by atoms with Gasteiger partial charge in [0.1, 0.15) is 5.75 Å². The Bertz CT molecular complexity index is 727. The first kappa shape index (κ1) is 16.0. The summed E-state index contributed by atoms with van der Waals surface area (Å²) >= 11 is 0. The molecule has 7 heteroatoms. The first-order chi connectivity index (χ1) is 11.0. The van der Waals surface area contributed by atoms with Gasteiger partial charge in [0.2, 0.25) is 15.9 Å². The van der Waals surface area contributed by atoms with E-state index in [2.05, 4.69) is 5.32 Å². The van der Waals surface area contributed by atoms with E-state index in [4.69, 9.17) is 4.74 Å². The third-order valence-electron chi connectivity index (χ3n) is 4.56. The highest BCUT2D eigenvalue weighted by atomic mass is 32.2. The lowest BCUT2D eigenvalue weighted by Gasteiger charge is -2.41. The first-order valence-corrected chi connectivity index (χ1v) is 9.02. The molecule has 1 amide bonds. The van der Waals surface area contributed by atoms with Gasteiger partial charge >= 0.3 is 0 Å². The molecule has 0 radical (unpaired) electrons. The van der Waals surface area contributed by atoms with Crippen molar-refractivity contribution in [3.8, 4) is 5.75 Å². The van der Waals surface area contributed by atoms with Crippen LogP contribution < -0.4 is 10.1 Å². The van der Waals surface area contributed by atoms with Gasteiger partial charge in [0.25, 0.3) is 0 Å². The maximum Gasteiger partial charge on any atom is 0.243 e. The van der Waals surface area contributed by atoms with E-state index in [1.165, 1.54) is 23.5 Å². The van der Waals surface area contributed by atoms with Crippen LogP contribution in [0.4, 0.5) is 0 Å². The van der Waals surface area contributed by atoms with Crippen LogP contribution in [0.25, 0.3) is 0 Å². The van der Waals surface area contributed by atoms with Crippen molar-refractivity contribution in [1.82, 2.24) is 9.62 Å². The Balaban J connectivity index is 1.87. The lowest BCUT2D eigenvalue weighted by molar-refractivity contribution is -0.132. The zero-order valence-corrected chi connectivity index (χ0v) is 13.8. The smallest absolute Gasteiger partial charge is 0.243 e. The van der Waals surface area contributed by atoms with Crippen LogP contribution in [0.3, 0.4) is 0 Å². The summed E-state index contributed by atoms with van der Waals surface area (Å²) in [6.45, 7) is 0.657. The number of hydrogen-bond donors (Lipinski definition) is 1. The van der Waals surface area contributed by atoms with Gasteiger partial charge in [0.05, 0.1) is 17.4 Å². The quantitative estimate of drug-likeness (QED) is 0.907. The number of sulfonamides is 1. The van der Waals surface area contributed by atoms with E-state index in [1.54, 1.807) is 18.3 Å². The van der Waals surface area contributed by atoms with Gasteiger partial charge in [-0.05, 0) is 49.7 Å². The molecule has 2 aliphatic rings. The molecule has 6 nitrogen and oxygen atoms in total. The standard InChI is InChI=1S/C16H20N2O4S/c1-22-13-4-6-14(7-5-13)23(20,21)18-11-3-9-16(12-18)8-2-10-17-15(16)19/h2,4-7,10H,3,8-9,11-12H2,1H3,(H,17,19). The molecule has 1 atom stereocenters. The average Bonchev–Trinajstić information content (AvgIpc) is 2.58. The van der Waals surface area contributed by atoms with Crippen molar-refractivity contribution >= 4 is 15.9 Å². The summed E-state index contributed by atoms with van der Waals surface area (Å²) in [5.41, 5.74) is -0.646. The van der Waals surface area contributed by atoms with E-state index in [0.717, 1.165) is 0 Å². The molecule has 0 bridgehead atoms. The predicted molar refractivity (Wildman–Crippen MR) is 85.3 cm³/mol. The maximum absolute atomic E-state index is 12.9. The van der Waals surface area contributed by atoms with Crippen molar-refractivity contribution in [2.75, 3.05) is 20.2 Å². The third-order valence-corrected chi connectivity index (χ3v) is 6.42. The van der Waals surface area contributed by atoms with Gasteiger partial charge in [0.15, 0.2) is 0 Å². The number of ether oxygens (including phenoxy) is 1. The van der Waals surface area contributed by atoms with Crippen LogP contribution in [0.1, 0.15) is 19.3 Å². The SMILES string of the molecule is COc1ccc(S(=O)(=O)N2CCCC3(CC=CNC3=O)C2)cc1. The topological polar surface area (TPSA) is 75.7 Å². The van der Waals surface area contributed by atoms with Gasteiger partial charge in [0, 0.05) is 13.1 Å². The van der Waals surface area contributed by atoms with Crippen molar-refractivity contribution in [2.45, 2.75) is 24.2 Å². The number of methoxy groups -OCH3 is 1. The predicted octanol–water partition coefficient (Wildman–Crippen LogP) is 1.50. The third kappa shape index (κ3) is 2.86. The molecule has 2 aliphatic heterocycles. The number of nitrogens with zero attached hydrogens (tertiary/aromatic N) is 1. The van der Waals surface area contributed by atoms with E-state index >= 15 is 0 Å². The van der Waals surface area contributed by atoms with Crippen LogP contribution in [0, 0.1) is 5.41 Å². The lowest BCUT2D eigenvalue weighted by atomic mass is 9.76. The number of carbonyl (C=O) groups excluding carboxylic acids is 1. The molecule has 0 aliphatic carbocycles. The molecule has 0 saturated carbocycles. The van der Waals surface area contributed by atoms with Crippen LogP contribution in [-0.4, -0.2) is 38.8 Å². The molecular weight excluding hydrogens is 316 g/mol. The van der Waals surface area contributed by atoms with Gasteiger partial charge < -0.3 is 10.1 Å². The Kier molecular flexibility index (Phi) is 4.16. The Hall–Kier alpha value is -1.86. The van der Waals surface area contributed by atoms with E-state index < -0.39 is 15.4 Å². The summed E-state index contributed by atoms with van der Waals surface area (Å²) < 4.78 is 32.2. The molecule has 124 valence electrons. The lowest BCUT2D eigenvalue weighted by Crippen LogP contribution is -2.53. The number of rotatable bonds is 3. The highest BCUT2D eigenvalue weighted by molar-refractivity contribution is 7.89. The fourth-order valence-electron chi connectivity index (χ4n) is 3.21. The number of carbonyl (C=O) groups is 1. The molecule has 1 aromatic carbocycles. The normalized spacial score (nSPS) is 25.3. The Labute approximate surface area is 136 Å². The number of benzene rings is 1. The number of piperidine rings is 1. The highest BCUT2D eigenvalue weighted by Crippen LogP contribution is 2.37. The first-order valence-electron chi connectivity index (χ1n) is 7.58. The molecule has 1 N–H and O–H groups in total. The van der Waals surface area contributed by atoms with Crippen molar-refractivity contribution in [2.24, 2.45) is 5.41 Å². The maximum atomic E-state index is 12.9. The Morgan fingerprint density at radius 1 is 1.26 bits per heavy atom. The highest BCUT2D eigenvalue weighted by Gasteiger charge is 2.45.